The molecular formula is C20H16N4O4. The minimum absolute atomic E-state index is 0.0311. The number of benzene rings is 2. The number of ether oxygens (including phenoxy) is 1. The van der Waals surface area contributed by atoms with Gasteiger partial charge in [0.25, 0.3) is 5.69 Å². The number of nitrogens with one attached hydrogen (secondary N) is 1. The van der Waals surface area contributed by atoms with E-state index in [0.717, 1.165) is 5.56 Å². The Bertz CT molecular complexity index is 1040. The number of non-ortho nitro benzene ring substituents is 1. The number of nitro groups is 1. The van der Waals surface area contributed by atoms with Crippen molar-refractivity contribution in [1.29, 1.82) is 0 Å². The fourth-order valence-electron chi connectivity index (χ4n) is 2.37. The maximum Gasteiger partial charge on any atom is 0.321 e. The van der Waals surface area contributed by atoms with Gasteiger partial charge in [-0.1, -0.05) is 12.1 Å². The quantitative estimate of drug-likeness (QED) is 0.394. The standard InChI is InChI=1S/C20H16N4O4/c1-14-12-17(28-20-21-10-3-11-22-20)7-8-18(14)23-19(25)9-6-15-4-2-5-16(13-15)24(26)27/h2-13H,1H3,(H,23,25)/b9-6+. The Morgan fingerprint density at radius 1 is 1.14 bits per heavy atom. The summed E-state index contributed by atoms with van der Waals surface area (Å²) in [4.78, 5) is 30.4. The first kappa shape index (κ1) is 18.7. The van der Waals surface area contributed by atoms with Crippen molar-refractivity contribution in [2.45, 2.75) is 6.92 Å². The van der Waals surface area contributed by atoms with Gasteiger partial charge in [-0.3, -0.25) is 14.9 Å². The molecule has 0 aliphatic rings. The van der Waals surface area contributed by atoms with Crippen molar-refractivity contribution >= 4 is 23.4 Å². The van der Waals surface area contributed by atoms with Crippen LogP contribution < -0.4 is 10.1 Å². The Labute approximate surface area is 160 Å². The van der Waals surface area contributed by atoms with Gasteiger partial charge in [0.1, 0.15) is 5.75 Å². The fraction of sp³-hybridized carbons (Fsp3) is 0.0500. The Morgan fingerprint density at radius 3 is 2.64 bits per heavy atom. The molecule has 140 valence electrons. The summed E-state index contributed by atoms with van der Waals surface area (Å²) in [7, 11) is 0. The van der Waals surface area contributed by atoms with Crippen molar-refractivity contribution in [3.63, 3.8) is 0 Å². The Kier molecular flexibility index (Phi) is 5.71. The number of aryl methyl sites for hydroxylation is 1. The van der Waals surface area contributed by atoms with Crippen molar-refractivity contribution in [3.05, 3.63) is 88.2 Å². The van der Waals surface area contributed by atoms with Crippen LogP contribution in [0.25, 0.3) is 6.08 Å². The van der Waals surface area contributed by atoms with E-state index < -0.39 is 4.92 Å². The number of carbonyl (C=O) groups is 1. The summed E-state index contributed by atoms with van der Waals surface area (Å²) in [5.74, 6) is 0.198. The second-order valence-corrected chi connectivity index (χ2v) is 5.78. The van der Waals surface area contributed by atoms with E-state index in [9.17, 15) is 14.9 Å². The number of hydrogen-bond acceptors (Lipinski definition) is 6. The first-order chi connectivity index (χ1) is 13.5. The molecule has 0 saturated carbocycles. The van der Waals surface area contributed by atoms with Crippen LogP contribution in [-0.4, -0.2) is 20.8 Å². The Hall–Kier alpha value is -4.07. The van der Waals surface area contributed by atoms with E-state index in [1.54, 1.807) is 48.8 Å². The van der Waals surface area contributed by atoms with E-state index in [0.29, 0.717) is 17.0 Å². The molecule has 3 aromatic rings. The molecule has 0 fully saturated rings. The number of anilines is 1. The second-order valence-electron chi connectivity index (χ2n) is 5.78. The first-order valence-electron chi connectivity index (χ1n) is 8.30. The average Bonchev–Trinajstić information content (AvgIpc) is 2.69. The molecule has 0 aliphatic heterocycles. The summed E-state index contributed by atoms with van der Waals surface area (Å²) in [6, 6.07) is 13.1. The van der Waals surface area contributed by atoms with E-state index in [1.165, 1.54) is 24.3 Å². The zero-order chi connectivity index (χ0) is 19.9. The van der Waals surface area contributed by atoms with Crippen LogP contribution in [0.15, 0.2) is 67.0 Å². The molecule has 0 radical (unpaired) electrons. The average molecular weight is 376 g/mol. The topological polar surface area (TPSA) is 107 Å². The second kappa shape index (κ2) is 8.54. The number of amides is 1. The van der Waals surface area contributed by atoms with Gasteiger partial charge in [-0.05, 0) is 48.4 Å². The number of hydrogen-bond donors (Lipinski definition) is 1. The molecule has 1 N–H and O–H groups in total. The summed E-state index contributed by atoms with van der Waals surface area (Å²) < 4.78 is 5.55. The molecule has 0 unspecified atom stereocenters. The normalized spacial score (nSPS) is 10.6. The van der Waals surface area contributed by atoms with Crippen molar-refractivity contribution in [1.82, 2.24) is 9.97 Å². The lowest BCUT2D eigenvalue weighted by atomic mass is 10.1. The number of nitrogens with zero attached hydrogens (tertiary/aromatic N) is 3. The Morgan fingerprint density at radius 2 is 1.93 bits per heavy atom. The lowest BCUT2D eigenvalue weighted by Gasteiger charge is -2.09. The maximum atomic E-state index is 12.1. The minimum atomic E-state index is -0.481. The zero-order valence-electron chi connectivity index (χ0n) is 14.9. The van der Waals surface area contributed by atoms with Crippen LogP contribution in [0.1, 0.15) is 11.1 Å². The van der Waals surface area contributed by atoms with Crippen molar-refractivity contribution < 1.29 is 14.5 Å². The number of aromatic nitrogens is 2. The Balaban J connectivity index is 1.65. The number of rotatable bonds is 6. The van der Waals surface area contributed by atoms with Crippen LogP contribution in [0, 0.1) is 17.0 Å². The van der Waals surface area contributed by atoms with E-state index in [-0.39, 0.29) is 17.6 Å². The van der Waals surface area contributed by atoms with Crippen molar-refractivity contribution in [2.24, 2.45) is 0 Å². The third-order valence-electron chi connectivity index (χ3n) is 3.72. The summed E-state index contributed by atoms with van der Waals surface area (Å²) >= 11 is 0. The molecule has 1 heterocycles. The highest BCUT2D eigenvalue weighted by Gasteiger charge is 2.07. The third kappa shape index (κ3) is 4.98. The lowest BCUT2D eigenvalue weighted by molar-refractivity contribution is -0.384. The van der Waals surface area contributed by atoms with Crippen LogP contribution in [0.4, 0.5) is 11.4 Å². The maximum absolute atomic E-state index is 12.1. The van der Waals surface area contributed by atoms with E-state index in [1.807, 2.05) is 6.92 Å². The highest BCUT2D eigenvalue weighted by Crippen LogP contribution is 2.24. The summed E-state index contributed by atoms with van der Waals surface area (Å²) in [6.07, 6.45) is 6.00. The first-order valence-corrected chi connectivity index (χ1v) is 8.30. The van der Waals surface area contributed by atoms with Gasteiger partial charge in [0.05, 0.1) is 4.92 Å². The molecule has 8 heteroatoms. The molecule has 0 bridgehead atoms. The van der Waals surface area contributed by atoms with Gasteiger partial charge < -0.3 is 10.1 Å². The number of carbonyl (C=O) groups excluding carboxylic acids is 1. The minimum Gasteiger partial charge on any atom is -0.424 e. The highest BCUT2D eigenvalue weighted by atomic mass is 16.6. The van der Waals surface area contributed by atoms with Crippen LogP contribution in [0.5, 0.6) is 11.8 Å². The zero-order valence-corrected chi connectivity index (χ0v) is 14.9. The van der Waals surface area contributed by atoms with Gasteiger partial charge in [0.15, 0.2) is 0 Å². The molecule has 2 aromatic carbocycles. The molecule has 28 heavy (non-hydrogen) atoms. The fourth-order valence-corrected chi connectivity index (χ4v) is 2.37. The van der Waals surface area contributed by atoms with Gasteiger partial charge in [0.2, 0.25) is 5.91 Å². The molecule has 0 atom stereocenters. The van der Waals surface area contributed by atoms with Gasteiger partial charge in [-0.15, -0.1) is 0 Å². The largest absolute Gasteiger partial charge is 0.424 e. The summed E-state index contributed by atoms with van der Waals surface area (Å²) in [6.45, 7) is 1.83. The van der Waals surface area contributed by atoms with E-state index in [2.05, 4.69) is 15.3 Å². The predicted octanol–water partition coefficient (Wildman–Crippen LogP) is 4.14. The molecule has 3 rings (SSSR count). The molecule has 0 aliphatic carbocycles. The van der Waals surface area contributed by atoms with Gasteiger partial charge in [0, 0.05) is 36.3 Å². The molecular weight excluding hydrogens is 360 g/mol. The van der Waals surface area contributed by atoms with Gasteiger partial charge in [-0.25, -0.2) is 9.97 Å². The van der Waals surface area contributed by atoms with Crippen molar-refractivity contribution in [2.75, 3.05) is 5.32 Å². The number of nitro benzene ring substituents is 1. The van der Waals surface area contributed by atoms with Gasteiger partial charge in [-0.2, -0.15) is 0 Å². The molecule has 1 amide bonds. The van der Waals surface area contributed by atoms with Gasteiger partial charge >= 0.3 is 6.01 Å². The predicted molar refractivity (Wildman–Crippen MR) is 104 cm³/mol. The van der Waals surface area contributed by atoms with E-state index in [4.69, 9.17) is 4.74 Å². The van der Waals surface area contributed by atoms with Crippen LogP contribution in [-0.2, 0) is 4.79 Å². The molecule has 8 nitrogen and oxygen atoms in total. The summed E-state index contributed by atoms with van der Waals surface area (Å²) in [5, 5.41) is 13.6. The van der Waals surface area contributed by atoms with Crippen LogP contribution >= 0.6 is 0 Å². The van der Waals surface area contributed by atoms with Crippen LogP contribution in [0.3, 0.4) is 0 Å². The van der Waals surface area contributed by atoms with Crippen LogP contribution in [0.2, 0.25) is 0 Å². The monoisotopic (exact) mass is 376 g/mol. The van der Waals surface area contributed by atoms with E-state index >= 15 is 0 Å². The summed E-state index contributed by atoms with van der Waals surface area (Å²) in [5.41, 5.74) is 1.95. The third-order valence-corrected chi connectivity index (χ3v) is 3.72. The SMILES string of the molecule is Cc1cc(Oc2ncccn2)ccc1NC(=O)/C=C/c1cccc([N+](=O)[O-])c1. The molecule has 0 saturated heterocycles. The molecule has 1 aromatic heterocycles. The lowest BCUT2D eigenvalue weighted by Crippen LogP contribution is -2.09. The highest BCUT2D eigenvalue weighted by molar-refractivity contribution is 6.02. The van der Waals surface area contributed by atoms with Crippen molar-refractivity contribution in [3.8, 4) is 11.8 Å². The molecule has 0 spiro atoms. The smallest absolute Gasteiger partial charge is 0.321 e.